The Kier molecular flexibility index (Phi) is 6.83. The van der Waals surface area contributed by atoms with Gasteiger partial charge >= 0.3 is 0 Å². The molecule has 3 heterocycles. The molecule has 0 unspecified atom stereocenters. The quantitative estimate of drug-likeness (QED) is 0.349. The van der Waals surface area contributed by atoms with Gasteiger partial charge in [0.15, 0.2) is 5.82 Å². The second-order valence-electron chi connectivity index (χ2n) is 8.76. The number of carbonyl (C=O) groups is 1. The smallest absolute Gasteiger partial charge is 0.255 e. The maximum absolute atomic E-state index is 14.8. The van der Waals surface area contributed by atoms with E-state index in [4.69, 9.17) is 10.5 Å². The molecule has 9 nitrogen and oxygen atoms in total. The van der Waals surface area contributed by atoms with Gasteiger partial charge in [-0.2, -0.15) is 10.5 Å². The van der Waals surface area contributed by atoms with E-state index >= 15 is 0 Å². The van der Waals surface area contributed by atoms with Gasteiger partial charge in [0, 0.05) is 30.0 Å². The zero-order valence-corrected chi connectivity index (χ0v) is 19.8. The Morgan fingerprint density at radius 1 is 1.16 bits per heavy atom. The first-order chi connectivity index (χ1) is 17.6. The number of nitriles is 2. The molecule has 186 valence electrons. The number of benzene rings is 1. The maximum atomic E-state index is 14.8. The number of aromatic nitrogens is 3. The number of amides is 1. The third-order valence-corrected chi connectivity index (χ3v) is 5.63. The zero-order chi connectivity index (χ0) is 26.7. The summed E-state index contributed by atoms with van der Waals surface area (Å²) in [7, 11) is 0. The van der Waals surface area contributed by atoms with Gasteiger partial charge in [-0.05, 0) is 38.1 Å². The van der Waals surface area contributed by atoms with Crippen LogP contribution in [0.3, 0.4) is 0 Å². The number of rotatable bonds is 7. The van der Waals surface area contributed by atoms with Gasteiger partial charge in [0.2, 0.25) is 0 Å². The van der Waals surface area contributed by atoms with E-state index in [1.807, 2.05) is 6.07 Å². The Bertz CT molecular complexity index is 1580. The van der Waals surface area contributed by atoms with Crippen molar-refractivity contribution in [2.24, 2.45) is 0 Å². The molecule has 0 saturated heterocycles. The summed E-state index contributed by atoms with van der Waals surface area (Å²) < 4.78 is 30.6. The van der Waals surface area contributed by atoms with Crippen molar-refractivity contribution in [2.45, 2.75) is 25.6 Å². The van der Waals surface area contributed by atoms with Crippen LogP contribution in [0, 0.1) is 28.5 Å². The summed E-state index contributed by atoms with van der Waals surface area (Å²) in [5.41, 5.74) is -0.916. The fourth-order valence-corrected chi connectivity index (χ4v) is 3.52. The summed E-state index contributed by atoms with van der Waals surface area (Å²) in [6, 6.07) is 12.9. The second kappa shape index (κ2) is 10.0. The number of hydrogen-bond donors (Lipinski definition) is 3. The van der Waals surface area contributed by atoms with Gasteiger partial charge in [-0.1, -0.05) is 6.07 Å². The Labute approximate surface area is 210 Å². The molecule has 4 rings (SSSR count). The fraction of sp³-hybridized carbons (Fsp3) is 0.192. The lowest BCUT2D eigenvalue weighted by atomic mass is 10.0. The van der Waals surface area contributed by atoms with Crippen molar-refractivity contribution < 1.29 is 18.7 Å². The van der Waals surface area contributed by atoms with Crippen molar-refractivity contribution in [3.8, 4) is 18.0 Å². The minimum Gasteiger partial charge on any atom is -0.387 e. The van der Waals surface area contributed by atoms with Crippen molar-refractivity contribution in [3.63, 3.8) is 0 Å². The molecular formula is C26H21F2N7O2. The standard InChI is InChI=1S/C26H21F2N7O2/c1-26(2,37)21(27)14-33-25(36)18-13-31-22(35-7-6-16-8-15(10-29)12-32-24(16)35)9-20(18)34-19-5-3-4-17(11-30)23(19)28/h3-9,12-13,21,37H,14H2,1-2H3,(H,31,34)(H,33,36)/t21-/m1/s1. The average Bonchev–Trinajstić information content (AvgIpc) is 3.30. The second-order valence-corrected chi connectivity index (χ2v) is 8.76. The minimum absolute atomic E-state index is 0.0235. The summed E-state index contributed by atoms with van der Waals surface area (Å²) >= 11 is 0. The highest BCUT2D eigenvalue weighted by Crippen LogP contribution is 2.28. The first-order valence-corrected chi connectivity index (χ1v) is 11.1. The highest BCUT2D eigenvalue weighted by Gasteiger charge is 2.27. The molecule has 0 spiro atoms. The normalized spacial score (nSPS) is 12.0. The third kappa shape index (κ3) is 5.22. The number of aliphatic hydroxyl groups is 1. The summed E-state index contributed by atoms with van der Waals surface area (Å²) in [5.74, 6) is -1.19. The van der Waals surface area contributed by atoms with Crippen LogP contribution in [-0.4, -0.2) is 43.9 Å². The Morgan fingerprint density at radius 2 is 1.95 bits per heavy atom. The van der Waals surface area contributed by atoms with Gasteiger partial charge < -0.3 is 15.7 Å². The maximum Gasteiger partial charge on any atom is 0.255 e. The lowest BCUT2D eigenvalue weighted by molar-refractivity contribution is -0.00177. The third-order valence-electron chi connectivity index (χ3n) is 5.63. The van der Waals surface area contributed by atoms with Crippen LogP contribution in [-0.2, 0) is 0 Å². The number of nitrogens with one attached hydrogen (secondary N) is 2. The van der Waals surface area contributed by atoms with E-state index in [2.05, 4.69) is 20.6 Å². The first kappa shape index (κ1) is 25.2. The lowest BCUT2D eigenvalue weighted by Crippen LogP contribution is -2.42. The van der Waals surface area contributed by atoms with Crippen LogP contribution in [0.1, 0.15) is 35.3 Å². The summed E-state index contributed by atoms with van der Waals surface area (Å²) in [6.45, 7) is 2.11. The number of fused-ring (bicyclic) bond motifs is 1. The molecule has 37 heavy (non-hydrogen) atoms. The molecule has 1 amide bonds. The summed E-state index contributed by atoms with van der Waals surface area (Å²) in [6.07, 6.45) is 2.60. The minimum atomic E-state index is -1.74. The number of carbonyl (C=O) groups excluding carboxylic acids is 1. The van der Waals surface area contributed by atoms with Crippen LogP contribution in [0.5, 0.6) is 0 Å². The first-order valence-electron chi connectivity index (χ1n) is 11.1. The van der Waals surface area contributed by atoms with E-state index < -0.39 is 30.0 Å². The molecule has 0 aliphatic heterocycles. The van der Waals surface area contributed by atoms with Crippen molar-refractivity contribution in [3.05, 3.63) is 77.5 Å². The van der Waals surface area contributed by atoms with Crippen molar-refractivity contribution in [1.29, 1.82) is 10.5 Å². The number of alkyl halides is 1. The van der Waals surface area contributed by atoms with Gasteiger partial charge in [-0.25, -0.2) is 18.7 Å². The molecule has 1 atom stereocenters. The monoisotopic (exact) mass is 501 g/mol. The van der Waals surface area contributed by atoms with E-state index in [1.165, 1.54) is 50.5 Å². The molecule has 0 bridgehead atoms. The zero-order valence-electron chi connectivity index (χ0n) is 19.8. The van der Waals surface area contributed by atoms with Crippen molar-refractivity contribution in [1.82, 2.24) is 19.9 Å². The van der Waals surface area contributed by atoms with Gasteiger partial charge in [0.25, 0.3) is 5.91 Å². The number of anilines is 2. The van der Waals surface area contributed by atoms with Crippen LogP contribution in [0.4, 0.5) is 20.2 Å². The van der Waals surface area contributed by atoms with Crippen LogP contribution < -0.4 is 10.6 Å². The van der Waals surface area contributed by atoms with E-state index in [-0.39, 0.29) is 22.5 Å². The van der Waals surface area contributed by atoms with Crippen LogP contribution >= 0.6 is 0 Å². The van der Waals surface area contributed by atoms with E-state index in [1.54, 1.807) is 29.0 Å². The summed E-state index contributed by atoms with van der Waals surface area (Å²) in [4.78, 5) is 21.6. The van der Waals surface area contributed by atoms with Gasteiger partial charge in [-0.15, -0.1) is 0 Å². The molecular weight excluding hydrogens is 480 g/mol. The molecule has 3 N–H and O–H groups in total. The van der Waals surface area contributed by atoms with Crippen LogP contribution in [0.2, 0.25) is 0 Å². The van der Waals surface area contributed by atoms with E-state index in [0.717, 1.165) is 0 Å². The SMILES string of the molecule is CC(C)(O)[C@H](F)CNC(=O)c1cnc(-n2ccc3cc(C#N)cnc32)cc1Nc1cccc(C#N)c1F. The lowest BCUT2D eigenvalue weighted by Gasteiger charge is -2.22. The predicted octanol–water partition coefficient (Wildman–Crippen LogP) is 3.89. The molecule has 0 aliphatic carbocycles. The molecule has 0 radical (unpaired) electrons. The molecule has 3 aromatic heterocycles. The molecule has 1 aromatic carbocycles. The molecule has 0 saturated carbocycles. The predicted molar refractivity (Wildman–Crippen MR) is 132 cm³/mol. The van der Waals surface area contributed by atoms with E-state index in [0.29, 0.717) is 22.4 Å². The molecule has 11 heteroatoms. The number of nitrogens with zero attached hydrogens (tertiary/aromatic N) is 5. The molecule has 4 aromatic rings. The Hall–Kier alpha value is -4.87. The highest BCUT2D eigenvalue weighted by atomic mass is 19.1. The van der Waals surface area contributed by atoms with Gasteiger partial charge in [-0.3, -0.25) is 9.36 Å². The van der Waals surface area contributed by atoms with Gasteiger partial charge in [0.1, 0.15) is 29.8 Å². The topological polar surface area (TPSA) is 140 Å². The molecule has 0 fully saturated rings. The van der Waals surface area contributed by atoms with Gasteiger partial charge in [0.05, 0.1) is 40.2 Å². The van der Waals surface area contributed by atoms with Crippen molar-refractivity contribution in [2.75, 3.05) is 11.9 Å². The Balaban J connectivity index is 1.76. The highest BCUT2D eigenvalue weighted by molar-refractivity contribution is 6.00. The Morgan fingerprint density at radius 3 is 2.65 bits per heavy atom. The average molecular weight is 501 g/mol. The largest absolute Gasteiger partial charge is 0.387 e. The molecule has 0 aliphatic rings. The summed E-state index contributed by atoms with van der Waals surface area (Å²) in [5, 5.41) is 34.0. The number of halogens is 2. The number of pyridine rings is 2. The van der Waals surface area contributed by atoms with Crippen LogP contribution in [0.25, 0.3) is 16.9 Å². The number of hydrogen-bond acceptors (Lipinski definition) is 7. The van der Waals surface area contributed by atoms with Crippen molar-refractivity contribution >= 4 is 28.3 Å². The fourth-order valence-electron chi connectivity index (χ4n) is 3.52. The van der Waals surface area contributed by atoms with E-state index in [9.17, 15) is 18.7 Å². The van der Waals surface area contributed by atoms with Crippen LogP contribution in [0.15, 0.2) is 55.0 Å².